The van der Waals surface area contributed by atoms with E-state index in [1.807, 2.05) is 14.0 Å². The van der Waals surface area contributed by atoms with Crippen LogP contribution < -0.4 is 5.32 Å². The van der Waals surface area contributed by atoms with Crippen molar-refractivity contribution in [1.29, 1.82) is 0 Å². The monoisotopic (exact) mass is 252 g/mol. The molecule has 0 aromatic carbocycles. The van der Waals surface area contributed by atoms with E-state index in [0.29, 0.717) is 5.92 Å². The Labute approximate surface area is 109 Å². The Kier molecular flexibility index (Phi) is 4.72. The van der Waals surface area contributed by atoms with E-state index in [1.54, 1.807) is 0 Å². The topological polar surface area (TPSA) is 54.2 Å². The molecule has 1 N–H and O–H groups in total. The van der Waals surface area contributed by atoms with Crippen LogP contribution in [0.25, 0.3) is 0 Å². The summed E-state index contributed by atoms with van der Waals surface area (Å²) < 4.78 is 5.33. The second kappa shape index (κ2) is 6.29. The molecule has 102 valence electrons. The Bertz CT molecular complexity index is 358. The van der Waals surface area contributed by atoms with Crippen molar-refractivity contribution in [2.75, 3.05) is 26.7 Å². The SMILES string of the molecule is CCN1CCC(Cc2nc(C(C)NC)no2)CC1. The van der Waals surface area contributed by atoms with E-state index in [1.165, 1.54) is 25.9 Å². The van der Waals surface area contributed by atoms with Crippen LogP contribution in [-0.4, -0.2) is 41.7 Å². The lowest BCUT2D eigenvalue weighted by Crippen LogP contribution is -2.34. The maximum absolute atomic E-state index is 5.33. The quantitative estimate of drug-likeness (QED) is 0.863. The molecule has 0 aliphatic carbocycles. The predicted molar refractivity (Wildman–Crippen MR) is 70.3 cm³/mol. The summed E-state index contributed by atoms with van der Waals surface area (Å²) in [6.07, 6.45) is 3.42. The minimum atomic E-state index is 0.157. The van der Waals surface area contributed by atoms with Crippen molar-refractivity contribution >= 4 is 0 Å². The zero-order chi connectivity index (χ0) is 13.0. The molecule has 5 nitrogen and oxygen atoms in total. The lowest BCUT2D eigenvalue weighted by atomic mass is 9.93. The highest BCUT2D eigenvalue weighted by molar-refractivity contribution is 4.93. The molecule has 1 saturated heterocycles. The normalized spacial score (nSPS) is 20.2. The van der Waals surface area contributed by atoms with Crippen molar-refractivity contribution in [2.24, 2.45) is 5.92 Å². The van der Waals surface area contributed by atoms with Crippen LogP contribution in [0.15, 0.2) is 4.52 Å². The lowest BCUT2D eigenvalue weighted by Gasteiger charge is -2.30. The number of rotatable bonds is 5. The third-order valence-electron chi connectivity index (χ3n) is 3.92. The number of nitrogens with one attached hydrogen (secondary N) is 1. The van der Waals surface area contributed by atoms with Crippen LogP contribution in [0.1, 0.15) is 44.4 Å². The molecule has 0 amide bonds. The molecule has 0 radical (unpaired) electrons. The average molecular weight is 252 g/mol. The average Bonchev–Trinajstić information content (AvgIpc) is 2.87. The molecule has 1 unspecified atom stereocenters. The standard InChI is InChI=1S/C13H24N4O/c1-4-17-7-5-11(6-8-17)9-12-15-13(16-18-12)10(2)14-3/h10-11,14H,4-9H2,1-3H3. The van der Waals surface area contributed by atoms with Gasteiger partial charge in [-0.05, 0) is 52.4 Å². The van der Waals surface area contributed by atoms with Gasteiger partial charge in [-0.2, -0.15) is 4.98 Å². The van der Waals surface area contributed by atoms with Crippen molar-refractivity contribution in [2.45, 2.75) is 39.2 Å². The smallest absolute Gasteiger partial charge is 0.226 e. The highest BCUT2D eigenvalue weighted by atomic mass is 16.5. The molecule has 1 aliphatic rings. The Balaban J connectivity index is 1.85. The van der Waals surface area contributed by atoms with E-state index < -0.39 is 0 Å². The van der Waals surface area contributed by atoms with Crippen LogP contribution in [0.5, 0.6) is 0 Å². The van der Waals surface area contributed by atoms with E-state index in [2.05, 4.69) is 27.3 Å². The summed E-state index contributed by atoms with van der Waals surface area (Å²) in [7, 11) is 1.90. The molecule has 0 bridgehead atoms. The van der Waals surface area contributed by atoms with Gasteiger partial charge in [0.1, 0.15) is 0 Å². The molecule has 1 fully saturated rings. The fraction of sp³-hybridized carbons (Fsp3) is 0.846. The summed E-state index contributed by atoms with van der Waals surface area (Å²) in [5.41, 5.74) is 0. The number of nitrogens with zero attached hydrogens (tertiary/aromatic N) is 3. The van der Waals surface area contributed by atoms with Gasteiger partial charge < -0.3 is 14.7 Å². The first-order chi connectivity index (χ1) is 8.72. The van der Waals surface area contributed by atoms with Crippen LogP contribution in [-0.2, 0) is 6.42 Å². The van der Waals surface area contributed by atoms with E-state index in [4.69, 9.17) is 4.52 Å². The lowest BCUT2D eigenvalue weighted by molar-refractivity contribution is 0.185. The van der Waals surface area contributed by atoms with Crippen molar-refractivity contribution in [3.05, 3.63) is 11.7 Å². The van der Waals surface area contributed by atoms with Crippen LogP contribution in [0.3, 0.4) is 0 Å². The maximum atomic E-state index is 5.33. The Morgan fingerprint density at radius 2 is 2.17 bits per heavy atom. The van der Waals surface area contributed by atoms with Gasteiger partial charge in [-0.1, -0.05) is 12.1 Å². The Morgan fingerprint density at radius 1 is 1.44 bits per heavy atom. The Morgan fingerprint density at radius 3 is 2.78 bits per heavy atom. The van der Waals surface area contributed by atoms with Crippen LogP contribution >= 0.6 is 0 Å². The highest BCUT2D eigenvalue weighted by Crippen LogP contribution is 2.21. The summed E-state index contributed by atoms with van der Waals surface area (Å²) in [6, 6.07) is 0.157. The molecule has 1 aromatic heterocycles. The fourth-order valence-corrected chi connectivity index (χ4v) is 2.41. The molecule has 5 heteroatoms. The van der Waals surface area contributed by atoms with Crippen molar-refractivity contribution < 1.29 is 4.52 Å². The molecule has 0 spiro atoms. The first kappa shape index (κ1) is 13.5. The van der Waals surface area contributed by atoms with Crippen LogP contribution in [0.4, 0.5) is 0 Å². The first-order valence-corrected chi connectivity index (χ1v) is 6.95. The first-order valence-electron chi connectivity index (χ1n) is 6.95. The van der Waals surface area contributed by atoms with E-state index in [0.717, 1.165) is 24.7 Å². The molecule has 1 aliphatic heterocycles. The summed E-state index contributed by atoms with van der Waals surface area (Å²) in [5, 5.41) is 7.14. The van der Waals surface area contributed by atoms with Gasteiger partial charge in [0.05, 0.1) is 6.04 Å². The summed E-state index contributed by atoms with van der Waals surface area (Å²) in [6.45, 7) is 7.83. The van der Waals surface area contributed by atoms with Gasteiger partial charge in [-0.3, -0.25) is 0 Å². The van der Waals surface area contributed by atoms with Gasteiger partial charge in [0, 0.05) is 6.42 Å². The van der Waals surface area contributed by atoms with Crippen LogP contribution in [0.2, 0.25) is 0 Å². The predicted octanol–water partition coefficient (Wildman–Crippen LogP) is 1.62. The summed E-state index contributed by atoms with van der Waals surface area (Å²) >= 11 is 0. The van der Waals surface area contributed by atoms with Crippen LogP contribution in [0, 0.1) is 5.92 Å². The van der Waals surface area contributed by atoms with Crippen molar-refractivity contribution in [1.82, 2.24) is 20.4 Å². The summed E-state index contributed by atoms with van der Waals surface area (Å²) in [5.74, 6) is 2.26. The van der Waals surface area contributed by atoms with Crippen molar-refractivity contribution in [3.8, 4) is 0 Å². The van der Waals surface area contributed by atoms with Gasteiger partial charge in [-0.25, -0.2) is 0 Å². The second-order valence-corrected chi connectivity index (χ2v) is 5.14. The Hall–Kier alpha value is -0.940. The minimum Gasteiger partial charge on any atom is -0.339 e. The molecule has 2 heterocycles. The number of hydrogen-bond acceptors (Lipinski definition) is 5. The van der Waals surface area contributed by atoms with Gasteiger partial charge in [0.15, 0.2) is 5.82 Å². The second-order valence-electron chi connectivity index (χ2n) is 5.14. The molecular weight excluding hydrogens is 228 g/mol. The van der Waals surface area contributed by atoms with Gasteiger partial charge in [0.2, 0.25) is 5.89 Å². The van der Waals surface area contributed by atoms with E-state index in [9.17, 15) is 0 Å². The third-order valence-corrected chi connectivity index (χ3v) is 3.92. The third kappa shape index (κ3) is 3.29. The van der Waals surface area contributed by atoms with Gasteiger partial charge in [0.25, 0.3) is 0 Å². The highest BCUT2D eigenvalue weighted by Gasteiger charge is 2.21. The summed E-state index contributed by atoms with van der Waals surface area (Å²) in [4.78, 5) is 6.96. The van der Waals surface area contributed by atoms with E-state index in [-0.39, 0.29) is 6.04 Å². The van der Waals surface area contributed by atoms with E-state index >= 15 is 0 Å². The zero-order valence-corrected chi connectivity index (χ0v) is 11.6. The molecule has 18 heavy (non-hydrogen) atoms. The number of hydrogen-bond donors (Lipinski definition) is 1. The largest absolute Gasteiger partial charge is 0.339 e. The number of aromatic nitrogens is 2. The molecule has 1 atom stereocenters. The number of piperidine rings is 1. The maximum Gasteiger partial charge on any atom is 0.226 e. The zero-order valence-electron chi connectivity index (χ0n) is 11.6. The molecule has 0 saturated carbocycles. The fourth-order valence-electron chi connectivity index (χ4n) is 2.41. The van der Waals surface area contributed by atoms with Crippen molar-refractivity contribution in [3.63, 3.8) is 0 Å². The van der Waals surface area contributed by atoms with Gasteiger partial charge in [-0.15, -0.1) is 0 Å². The molecular formula is C13H24N4O. The minimum absolute atomic E-state index is 0.157. The molecule has 2 rings (SSSR count). The molecule has 1 aromatic rings. The number of likely N-dealkylation sites (tertiary alicyclic amines) is 1. The van der Waals surface area contributed by atoms with Gasteiger partial charge >= 0.3 is 0 Å².